The summed E-state index contributed by atoms with van der Waals surface area (Å²) in [6.07, 6.45) is 0.108. The third-order valence-corrected chi connectivity index (χ3v) is 4.37. The molecule has 0 radical (unpaired) electrons. The molecule has 2 heterocycles. The number of carbonyl (C=O) groups is 2. The first-order chi connectivity index (χ1) is 12.0. The molecule has 1 aromatic rings. The number of nitrogens with zero attached hydrogens (tertiary/aromatic N) is 1. The van der Waals surface area contributed by atoms with E-state index in [1.165, 1.54) is 0 Å². The average molecular weight is 369 g/mol. The van der Waals surface area contributed by atoms with Gasteiger partial charge in [-0.05, 0) is 24.6 Å². The zero-order valence-electron chi connectivity index (χ0n) is 14.0. The fourth-order valence-electron chi connectivity index (χ4n) is 2.86. The number of nitrogens with one attached hydrogen (secondary N) is 1. The summed E-state index contributed by atoms with van der Waals surface area (Å²) in [5.74, 6) is 0.700. The lowest BCUT2D eigenvalue weighted by Gasteiger charge is -2.29. The van der Waals surface area contributed by atoms with E-state index in [0.29, 0.717) is 61.6 Å². The molecule has 3 rings (SSSR count). The monoisotopic (exact) mass is 368 g/mol. The molecular weight excluding hydrogens is 348 g/mol. The summed E-state index contributed by atoms with van der Waals surface area (Å²) in [4.78, 5) is 26.3. The zero-order valence-corrected chi connectivity index (χ0v) is 14.8. The summed E-state index contributed by atoms with van der Waals surface area (Å²) < 4.78 is 16.2. The maximum atomic E-state index is 12.3. The Balaban J connectivity index is 1.58. The fourth-order valence-corrected chi connectivity index (χ4v) is 3.15. The Bertz CT molecular complexity index is 661. The molecule has 0 bridgehead atoms. The smallest absolute Gasteiger partial charge is 0.245 e. The highest BCUT2D eigenvalue weighted by molar-refractivity contribution is 6.32. The van der Waals surface area contributed by atoms with Crippen LogP contribution in [0.3, 0.4) is 0 Å². The molecule has 7 nitrogen and oxygen atoms in total. The number of halogens is 1. The summed E-state index contributed by atoms with van der Waals surface area (Å²) in [5.41, 5.74) is 0.706. The Hall–Kier alpha value is -1.99. The minimum Gasteiger partial charge on any atom is -0.486 e. The summed E-state index contributed by atoms with van der Waals surface area (Å²) >= 11 is 6.18. The molecular formula is C17H21ClN2O5. The van der Waals surface area contributed by atoms with Crippen molar-refractivity contribution in [1.29, 1.82) is 0 Å². The van der Waals surface area contributed by atoms with E-state index >= 15 is 0 Å². The first-order valence-electron chi connectivity index (χ1n) is 8.28. The van der Waals surface area contributed by atoms with E-state index < -0.39 is 6.04 Å². The Kier molecular flexibility index (Phi) is 5.65. The van der Waals surface area contributed by atoms with E-state index in [4.69, 9.17) is 25.8 Å². The lowest BCUT2D eigenvalue weighted by Crippen LogP contribution is -2.50. The number of carbonyl (C=O) groups excluding carboxylic acids is 2. The van der Waals surface area contributed by atoms with Gasteiger partial charge in [0.1, 0.15) is 19.3 Å². The second kappa shape index (κ2) is 7.93. The van der Waals surface area contributed by atoms with Gasteiger partial charge < -0.3 is 24.4 Å². The number of benzene rings is 1. The van der Waals surface area contributed by atoms with E-state index in [1.54, 1.807) is 24.0 Å². The minimum atomic E-state index is -0.585. The van der Waals surface area contributed by atoms with Crippen molar-refractivity contribution in [3.8, 4) is 11.5 Å². The van der Waals surface area contributed by atoms with Crippen LogP contribution in [-0.4, -0.2) is 62.3 Å². The number of ether oxygens (including phenoxy) is 3. The molecule has 2 aliphatic rings. The second-order valence-corrected chi connectivity index (χ2v) is 6.41. The molecule has 1 aromatic carbocycles. The molecule has 1 saturated heterocycles. The van der Waals surface area contributed by atoms with Gasteiger partial charge in [-0.2, -0.15) is 0 Å². The van der Waals surface area contributed by atoms with Gasteiger partial charge in [-0.1, -0.05) is 11.6 Å². The normalized spacial score (nSPS) is 17.8. The van der Waals surface area contributed by atoms with Crippen molar-refractivity contribution in [3.63, 3.8) is 0 Å². The van der Waals surface area contributed by atoms with E-state index in [0.717, 1.165) is 0 Å². The van der Waals surface area contributed by atoms with Crippen molar-refractivity contribution < 1.29 is 23.8 Å². The van der Waals surface area contributed by atoms with E-state index in [2.05, 4.69) is 5.32 Å². The van der Waals surface area contributed by atoms with Crippen molar-refractivity contribution in [2.75, 3.05) is 39.5 Å². The highest BCUT2D eigenvalue weighted by Crippen LogP contribution is 2.38. The van der Waals surface area contributed by atoms with E-state index in [1.807, 2.05) is 0 Å². The first-order valence-corrected chi connectivity index (χ1v) is 8.66. The summed E-state index contributed by atoms with van der Waals surface area (Å²) in [7, 11) is 0. The number of fused-ring (bicyclic) bond motifs is 1. The largest absolute Gasteiger partial charge is 0.486 e. The third kappa shape index (κ3) is 4.35. The molecule has 2 amide bonds. The van der Waals surface area contributed by atoms with Crippen LogP contribution in [0.1, 0.15) is 12.5 Å². The van der Waals surface area contributed by atoms with Crippen molar-refractivity contribution in [2.24, 2.45) is 0 Å². The van der Waals surface area contributed by atoms with Gasteiger partial charge in [-0.25, -0.2) is 0 Å². The second-order valence-electron chi connectivity index (χ2n) is 6.01. The Labute approximate surface area is 151 Å². The molecule has 1 atom stereocenters. The van der Waals surface area contributed by atoms with Crippen LogP contribution < -0.4 is 14.8 Å². The molecule has 0 spiro atoms. The molecule has 0 aromatic heterocycles. The van der Waals surface area contributed by atoms with Gasteiger partial charge >= 0.3 is 0 Å². The molecule has 1 unspecified atom stereocenters. The van der Waals surface area contributed by atoms with Crippen LogP contribution in [0.25, 0.3) is 0 Å². The van der Waals surface area contributed by atoms with Crippen LogP contribution in [0.15, 0.2) is 12.1 Å². The minimum absolute atomic E-state index is 0.100. The molecule has 136 valence electrons. The number of hydrogen-bond donors (Lipinski definition) is 1. The van der Waals surface area contributed by atoms with Crippen molar-refractivity contribution >= 4 is 23.4 Å². The Morgan fingerprint density at radius 3 is 2.68 bits per heavy atom. The van der Waals surface area contributed by atoms with Crippen molar-refractivity contribution in [1.82, 2.24) is 10.2 Å². The van der Waals surface area contributed by atoms with Gasteiger partial charge in [0, 0.05) is 13.1 Å². The number of amides is 2. The van der Waals surface area contributed by atoms with Crippen LogP contribution in [0.2, 0.25) is 5.02 Å². The van der Waals surface area contributed by atoms with Gasteiger partial charge in [0.15, 0.2) is 11.5 Å². The molecule has 0 saturated carbocycles. The van der Waals surface area contributed by atoms with Crippen LogP contribution in [-0.2, 0) is 20.7 Å². The molecule has 1 fully saturated rings. The molecule has 1 N–H and O–H groups in total. The van der Waals surface area contributed by atoms with Crippen LogP contribution in [0.5, 0.6) is 11.5 Å². The van der Waals surface area contributed by atoms with Gasteiger partial charge in [-0.3, -0.25) is 9.59 Å². The first kappa shape index (κ1) is 17.8. The van der Waals surface area contributed by atoms with Crippen molar-refractivity contribution in [3.05, 3.63) is 22.7 Å². The van der Waals surface area contributed by atoms with Gasteiger partial charge in [0.05, 0.1) is 24.7 Å². The lowest BCUT2D eigenvalue weighted by molar-refractivity contribution is -0.139. The Morgan fingerprint density at radius 2 is 1.92 bits per heavy atom. The molecule has 25 heavy (non-hydrogen) atoms. The summed E-state index contributed by atoms with van der Waals surface area (Å²) in [6, 6.07) is 2.84. The zero-order chi connectivity index (χ0) is 17.8. The number of morpholine rings is 1. The van der Waals surface area contributed by atoms with Crippen molar-refractivity contribution in [2.45, 2.75) is 19.4 Å². The van der Waals surface area contributed by atoms with Gasteiger partial charge in [-0.15, -0.1) is 0 Å². The van der Waals surface area contributed by atoms with E-state index in [-0.39, 0.29) is 18.2 Å². The van der Waals surface area contributed by atoms with Crippen LogP contribution in [0.4, 0.5) is 0 Å². The lowest BCUT2D eigenvalue weighted by atomic mass is 10.1. The maximum absolute atomic E-state index is 12.3. The average Bonchev–Trinajstić information content (AvgIpc) is 2.61. The van der Waals surface area contributed by atoms with Crippen LogP contribution in [0, 0.1) is 0 Å². The SMILES string of the molecule is CC(NC(=O)Cc1cc(Cl)c2c(c1)OCCO2)C(=O)N1CCOCC1. The van der Waals surface area contributed by atoms with E-state index in [9.17, 15) is 9.59 Å². The quantitative estimate of drug-likeness (QED) is 0.858. The highest BCUT2D eigenvalue weighted by atomic mass is 35.5. The summed E-state index contributed by atoms with van der Waals surface area (Å²) in [6.45, 7) is 4.75. The van der Waals surface area contributed by atoms with Crippen LogP contribution >= 0.6 is 11.6 Å². The topological polar surface area (TPSA) is 77.1 Å². The third-order valence-electron chi connectivity index (χ3n) is 4.09. The molecule has 8 heteroatoms. The number of rotatable bonds is 4. The molecule has 0 aliphatic carbocycles. The predicted molar refractivity (Wildman–Crippen MR) is 91.1 cm³/mol. The standard InChI is InChI=1S/C17H21ClN2O5/c1-11(17(22)20-2-4-23-5-3-20)19-15(21)10-12-8-13(18)16-14(9-12)24-6-7-25-16/h8-9,11H,2-7,10H2,1H3,(H,19,21). The predicted octanol–water partition coefficient (Wildman–Crippen LogP) is 1.02. The molecule has 2 aliphatic heterocycles. The van der Waals surface area contributed by atoms with Gasteiger partial charge in [0.25, 0.3) is 0 Å². The fraction of sp³-hybridized carbons (Fsp3) is 0.529. The number of hydrogen-bond acceptors (Lipinski definition) is 5. The maximum Gasteiger partial charge on any atom is 0.245 e. The summed E-state index contributed by atoms with van der Waals surface area (Å²) in [5, 5.41) is 3.15. The highest BCUT2D eigenvalue weighted by Gasteiger charge is 2.24. The van der Waals surface area contributed by atoms with Gasteiger partial charge in [0.2, 0.25) is 11.8 Å². The Morgan fingerprint density at radius 1 is 1.20 bits per heavy atom.